The van der Waals surface area contributed by atoms with Crippen molar-refractivity contribution in [3.8, 4) is 0 Å². The number of rotatable bonds is 5. The quantitative estimate of drug-likeness (QED) is 0.467. The second kappa shape index (κ2) is 10.1. The highest BCUT2D eigenvalue weighted by Crippen LogP contribution is 2.42. The Balaban J connectivity index is 1.53. The van der Waals surface area contributed by atoms with Crippen molar-refractivity contribution in [2.45, 2.75) is 92.4 Å². The van der Waals surface area contributed by atoms with Crippen LogP contribution in [-0.4, -0.2) is 0 Å². The van der Waals surface area contributed by atoms with Gasteiger partial charge in [0, 0.05) is 0 Å². The van der Waals surface area contributed by atoms with Crippen molar-refractivity contribution in [3.05, 3.63) is 51.9 Å². The van der Waals surface area contributed by atoms with Crippen LogP contribution in [0.3, 0.4) is 0 Å². The van der Waals surface area contributed by atoms with E-state index in [1.165, 1.54) is 84.7 Å². The summed E-state index contributed by atoms with van der Waals surface area (Å²) in [7, 11) is 0. The molecule has 0 atom stereocenters. The first-order valence-electron chi connectivity index (χ1n) is 11.9. The van der Waals surface area contributed by atoms with Crippen LogP contribution in [-0.2, 0) is 0 Å². The standard InChI is InChI=1S/C28H41F/c1-19-20(2)22(4)28(23(5)21(19)3)17-12-25-10-15-27(16-11-25)26-13-8-24(9-14-26)7-6-18-29/h6,12,17-18,24-27H,7-11,13-16H2,1-5H3/b17-12?,18-6+. The molecule has 0 bridgehead atoms. The highest BCUT2D eigenvalue weighted by molar-refractivity contribution is 5.63. The van der Waals surface area contributed by atoms with Crippen molar-refractivity contribution >= 4 is 6.08 Å². The van der Waals surface area contributed by atoms with Gasteiger partial charge in [-0.2, -0.15) is 0 Å². The molecule has 1 heteroatoms. The van der Waals surface area contributed by atoms with Crippen molar-refractivity contribution in [1.82, 2.24) is 0 Å². The summed E-state index contributed by atoms with van der Waals surface area (Å²) in [5.74, 6) is 3.34. The van der Waals surface area contributed by atoms with E-state index in [4.69, 9.17) is 0 Å². The summed E-state index contributed by atoms with van der Waals surface area (Å²) in [6.45, 7) is 11.4. The van der Waals surface area contributed by atoms with Gasteiger partial charge in [-0.25, -0.2) is 4.39 Å². The first kappa shape index (κ1) is 22.3. The Hall–Kier alpha value is -1.37. The van der Waals surface area contributed by atoms with Crippen LogP contribution in [0.4, 0.5) is 4.39 Å². The molecular weight excluding hydrogens is 355 g/mol. The van der Waals surface area contributed by atoms with Crippen LogP contribution in [0.25, 0.3) is 6.08 Å². The van der Waals surface area contributed by atoms with Gasteiger partial charge in [-0.05, 0) is 149 Å². The SMILES string of the molecule is Cc1c(C)c(C)c(C=CC2CCC(C3CCC(C/C=C/F)CC3)CC2)c(C)c1C. The summed E-state index contributed by atoms with van der Waals surface area (Å²) >= 11 is 0. The normalized spacial score (nSPS) is 28.5. The topological polar surface area (TPSA) is 0 Å². The van der Waals surface area contributed by atoms with E-state index < -0.39 is 0 Å². The Morgan fingerprint density at radius 1 is 0.690 bits per heavy atom. The fourth-order valence-electron chi connectivity index (χ4n) is 5.96. The molecule has 0 amide bonds. The van der Waals surface area contributed by atoms with E-state index in [1.54, 1.807) is 6.08 Å². The lowest BCUT2D eigenvalue weighted by molar-refractivity contribution is 0.156. The van der Waals surface area contributed by atoms with Gasteiger partial charge in [0.2, 0.25) is 0 Å². The molecule has 29 heavy (non-hydrogen) atoms. The van der Waals surface area contributed by atoms with Gasteiger partial charge in [0.15, 0.2) is 0 Å². The van der Waals surface area contributed by atoms with Crippen molar-refractivity contribution in [3.63, 3.8) is 0 Å². The number of benzene rings is 1. The van der Waals surface area contributed by atoms with Crippen LogP contribution in [0.5, 0.6) is 0 Å². The minimum absolute atomic E-state index is 0.725. The lowest BCUT2D eigenvalue weighted by Crippen LogP contribution is -2.25. The lowest BCUT2D eigenvalue weighted by Gasteiger charge is -2.37. The van der Waals surface area contributed by atoms with Crippen LogP contribution in [0.15, 0.2) is 18.5 Å². The zero-order valence-electron chi connectivity index (χ0n) is 19.4. The first-order chi connectivity index (χ1) is 13.9. The van der Waals surface area contributed by atoms with Gasteiger partial charge in [-0.15, -0.1) is 0 Å². The second-order valence-corrected chi connectivity index (χ2v) is 9.95. The largest absolute Gasteiger partial charge is 0.216 e. The Morgan fingerprint density at radius 3 is 1.69 bits per heavy atom. The van der Waals surface area contributed by atoms with E-state index in [9.17, 15) is 4.39 Å². The molecule has 160 valence electrons. The Morgan fingerprint density at radius 2 is 1.17 bits per heavy atom. The molecule has 1 aromatic carbocycles. The number of allylic oxidation sites excluding steroid dienone is 2. The fourth-order valence-corrected chi connectivity index (χ4v) is 5.96. The predicted octanol–water partition coefficient (Wildman–Crippen LogP) is 8.73. The molecule has 0 heterocycles. The van der Waals surface area contributed by atoms with Gasteiger partial charge in [0.25, 0.3) is 0 Å². The van der Waals surface area contributed by atoms with E-state index in [0.29, 0.717) is 0 Å². The smallest absolute Gasteiger partial charge is 0.0827 e. The van der Waals surface area contributed by atoms with E-state index >= 15 is 0 Å². The summed E-state index contributed by atoms with van der Waals surface area (Å²) in [4.78, 5) is 0. The second-order valence-electron chi connectivity index (χ2n) is 9.95. The molecule has 0 aromatic heterocycles. The Labute approximate surface area is 178 Å². The Bertz CT molecular complexity index is 709. The first-order valence-corrected chi connectivity index (χ1v) is 11.9. The van der Waals surface area contributed by atoms with Crippen molar-refractivity contribution in [2.24, 2.45) is 23.7 Å². The highest BCUT2D eigenvalue weighted by Gasteiger charge is 2.30. The molecule has 2 aliphatic carbocycles. The van der Waals surface area contributed by atoms with E-state index in [2.05, 4.69) is 46.8 Å². The van der Waals surface area contributed by atoms with Gasteiger partial charge < -0.3 is 0 Å². The summed E-state index contributed by atoms with van der Waals surface area (Å²) in [6, 6.07) is 0. The number of hydrogen-bond donors (Lipinski definition) is 0. The number of halogens is 1. The molecule has 0 radical (unpaired) electrons. The van der Waals surface area contributed by atoms with Crippen LogP contribution in [0.1, 0.15) is 91.2 Å². The molecule has 0 unspecified atom stereocenters. The van der Waals surface area contributed by atoms with Crippen LogP contribution >= 0.6 is 0 Å². The molecule has 0 spiro atoms. The Kier molecular flexibility index (Phi) is 7.77. The lowest BCUT2D eigenvalue weighted by atomic mass is 9.69. The average molecular weight is 397 g/mol. The van der Waals surface area contributed by atoms with Gasteiger partial charge >= 0.3 is 0 Å². The summed E-state index contributed by atoms with van der Waals surface area (Å²) in [6.07, 6.45) is 19.2. The zero-order valence-corrected chi connectivity index (χ0v) is 19.4. The van der Waals surface area contributed by atoms with Gasteiger partial charge in [-0.3, -0.25) is 0 Å². The van der Waals surface area contributed by atoms with Crippen LogP contribution in [0, 0.1) is 58.3 Å². The van der Waals surface area contributed by atoms with Crippen LogP contribution < -0.4 is 0 Å². The van der Waals surface area contributed by atoms with Gasteiger partial charge in [0.1, 0.15) is 0 Å². The molecule has 0 saturated heterocycles. The zero-order chi connectivity index (χ0) is 21.0. The summed E-state index contributed by atoms with van der Waals surface area (Å²) in [5, 5.41) is 0. The minimum Gasteiger partial charge on any atom is -0.216 e. The highest BCUT2D eigenvalue weighted by atomic mass is 19.1. The minimum atomic E-state index is 0.725. The third-order valence-corrected chi connectivity index (χ3v) is 8.53. The monoisotopic (exact) mass is 396 g/mol. The number of hydrogen-bond acceptors (Lipinski definition) is 0. The molecule has 0 aliphatic heterocycles. The summed E-state index contributed by atoms with van der Waals surface area (Å²) in [5.41, 5.74) is 8.72. The molecule has 0 N–H and O–H groups in total. The maximum Gasteiger partial charge on any atom is 0.0827 e. The molecule has 2 saturated carbocycles. The van der Waals surface area contributed by atoms with E-state index in [-0.39, 0.29) is 0 Å². The molecule has 0 nitrogen and oxygen atoms in total. The molecule has 1 aromatic rings. The van der Waals surface area contributed by atoms with Crippen molar-refractivity contribution in [1.29, 1.82) is 0 Å². The van der Waals surface area contributed by atoms with E-state index in [1.807, 2.05) is 0 Å². The fraction of sp³-hybridized carbons (Fsp3) is 0.643. The van der Waals surface area contributed by atoms with E-state index in [0.717, 1.165) is 36.4 Å². The molecule has 3 rings (SSSR count). The maximum absolute atomic E-state index is 12.2. The molecular formula is C28H41F. The van der Waals surface area contributed by atoms with Crippen molar-refractivity contribution in [2.75, 3.05) is 0 Å². The third-order valence-electron chi connectivity index (χ3n) is 8.53. The van der Waals surface area contributed by atoms with Crippen molar-refractivity contribution < 1.29 is 4.39 Å². The van der Waals surface area contributed by atoms with Gasteiger partial charge in [-0.1, -0.05) is 18.2 Å². The van der Waals surface area contributed by atoms with Gasteiger partial charge in [0.05, 0.1) is 6.33 Å². The molecule has 2 fully saturated rings. The average Bonchev–Trinajstić information content (AvgIpc) is 2.75. The van der Waals surface area contributed by atoms with Crippen LogP contribution in [0.2, 0.25) is 0 Å². The summed E-state index contributed by atoms with van der Waals surface area (Å²) < 4.78 is 12.2. The predicted molar refractivity (Wildman–Crippen MR) is 125 cm³/mol. The molecule has 2 aliphatic rings. The third kappa shape index (κ3) is 5.22. The maximum atomic E-state index is 12.2.